The Morgan fingerprint density at radius 1 is 1.47 bits per heavy atom. The molecule has 0 spiro atoms. The molecule has 1 saturated heterocycles. The van der Waals surface area contributed by atoms with Crippen molar-refractivity contribution >= 4 is 12.0 Å². The van der Waals surface area contributed by atoms with Crippen molar-refractivity contribution in [2.45, 2.75) is 20.3 Å². The summed E-state index contributed by atoms with van der Waals surface area (Å²) >= 11 is 0. The number of nitrogens with zero attached hydrogens (tertiary/aromatic N) is 1. The number of rotatable bonds is 5. The van der Waals surface area contributed by atoms with E-state index in [0.29, 0.717) is 6.54 Å². The van der Waals surface area contributed by atoms with E-state index in [4.69, 9.17) is 9.84 Å². The molecule has 98 valence electrons. The van der Waals surface area contributed by atoms with Gasteiger partial charge >= 0.3 is 12.0 Å². The largest absolute Gasteiger partial charge is 0.480 e. The summed E-state index contributed by atoms with van der Waals surface area (Å²) in [4.78, 5) is 23.6. The summed E-state index contributed by atoms with van der Waals surface area (Å²) in [5.41, 5.74) is 0.192. The number of ether oxygens (including phenoxy) is 1. The predicted octanol–water partition coefficient (Wildman–Crippen LogP) is 0.529. The van der Waals surface area contributed by atoms with E-state index in [1.165, 1.54) is 0 Å². The number of hydrogen-bond donors (Lipinski definition) is 2. The lowest BCUT2D eigenvalue weighted by atomic mass is 9.93. The summed E-state index contributed by atoms with van der Waals surface area (Å²) in [7, 11) is 0. The van der Waals surface area contributed by atoms with E-state index in [-0.39, 0.29) is 24.7 Å². The molecule has 1 fully saturated rings. The van der Waals surface area contributed by atoms with Crippen LogP contribution in [0.4, 0.5) is 4.79 Å². The number of amides is 2. The van der Waals surface area contributed by atoms with Crippen LogP contribution in [0.2, 0.25) is 0 Å². The van der Waals surface area contributed by atoms with Crippen molar-refractivity contribution in [3.63, 3.8) is 0 Å². The van der Waals surface area contributed by atoms with Crippen molar-refractivity contribution in [3.05, 3.63) is 0 Å². The number of urea groups is 1. The van der Waals surface area contributed by atoms with Crippen molar-refractivity contribution < 1.29 is 19.4 Å². The number of nitrogens with one attached hydrogen (secondary N) is 1. The van der Waals surface area contributed by atoms with Crippen LogP contribution >= 0.6 is 0 Å². The summed E-state index contributed by atoms with van der Waals surface area (Å²) in [6, 6.07) is -0.102. The highest BCUT2D eigenvalue weighted by Crippen LogP contribution is 2.28. The SMILES string of the molecule is CC1(C)CCN(C(=O)NCCOCC(=O)O)C1. The molecule has 6 heteroatoms. The van der Waals surface area contributed by atoms with E-state index in [9.17, 15) is 9.59 Å². The molecule has 1 aliphatic heterocycles. The van der Waals surface area contributed by atoms with Gasteiger partial charge in [-0.3, -0.25) is 0 Å². The molecule has 1 rings (SSSR count). The Bertz CT molecular complexity index is 291. The first-order valence-corrected chi connectivity index (χ1v) is 5.73. The molecular formula is C11H20N2O4. The first-order chi connectivity index (χ1) is 7.91. The maximum Gasteiger partial charge on any atom is 0.329 e. The predicted molar refractivity (Wildman–Crippen MR) is 61.8 cm³/mol. The molecular weight excluding hydrogens is 224 g/mol. The number of hydrogen-bond acceptors (Lipinski definition) is 3. The molecule has 0 bridgehead atoms. The Balaban J connectivity index is 2.12. The smallest absolute Gasteiger partial charge is 0.329 e. The van der Waals surface area contributed by atoms with Gasteiger partial charge in [0.1, 0.15) is 6.61 Å². The van der Waals surface area contributed by atoms with Gasteiger partial charge in [-0.05, 0) is 11.8 Å². The molecule has 2 amide bonds. The highest BCUT2D eigenvalue weighted by atomic mass is 16.5. The fraction of sp³-hybridized carbons (Fsp3) is 0.818. The quantitative estimate of drug-likeness (QED) is 0.691. The highest BCUT2D eigenvalue weighted by Gasteiger charge is 2.31. The molecule has 0 radical (unpaired) electrons. The van der Waals surface area contributed by atoms with Gasteiger partial charge in [-0.25, -0.2) is 9.59 Å². The Morgan fingerprint density at radius 2 is 2.18 bits per heavy atom. The van der Waals surface area contributed by atoms with Gasteiger partial charge < -0.3 is 20.1 Å². The number of carbonyl (C=O) groups is 2. The van der Waals surface area contributed by atoms with E-state index < -0.39 is 5.97 Å². The topological polar surface area (TPSA) is 78.9 Å². The Kier molecular flexibility index (Phi) is 4.74. The van der Waals surface area contributed by atoms with Crippen LogP contribution in [0.5, 0.6) is 0 Å². The normalized spacial score (nSPS) is 18.1. The fourth-order valence-corrected chi connectivity index (χ4v) is 1.79. The van der Waals surface area contributed by atoms with Gasteiger partial charge in [0.2, 0.25) is 0 Å². The molecule has 17 heavy (non-hydrogen) atoms. The van der Waals surface area contributed by atoms with Crippen LogP contribution in [0.3, 0.4) is 0 Å². The van der Waals surface area contributed by atoms with Gasteiger partial charge in [-0.15, -0.1) is 0 Å². The lowest BCUT2D eigenvalue weighted by Crippen LogP contribution is -2.40. The second-order valence-electron chi connectivity index (χ2n) is 5.01. The zero-order chi connectivity index (χ0) is 12.9. The summed E-state index contributed by atoms with van der Waals surface area (Å²) in [6.45, 7) is 6.03. The van der Waals surface area contributed by atoms with E-state index >= 15 is 0 Å². The number of carboxylic acid groups (broad SMARTS) is 1. The molecule has 0 aromatic rings. The number of carbonyl (C=O) groups excluding carboxylic acids is 1. The number of carboxylic acids is 1. The highest BCUT2D eigenvalue weighted by molar-refractivity contribution is 5.74. The molecule has 0 aromatic carbocycles. The van der Waals surface area contributed by atoms with Crippen LogP contribution in [-0.4, -0.2) is 54.9 Å². The molecule has 0 saturated carbocycles. The Hall–Kier alpha value is -1.30. The molecule has 0 aliphatic carbocycles. The molecule has 6 nitrogen and oxygen atoms in total. The summed E-state index contributed by atoms with van der Waals surface area (Å²) in [5.74, 6) is -1.00. The first kappa shape index (κ1) is 13.8. The van der Waals surface area contributed by atoms with Crippen LogP contribution in [0.25, 0.3) is 0 Å². The van der Waals surface area contributed by atoms with E-state index in [2.05, 4.69) is 19.2 Å². The van der Waals surface area contributed by atoms with Gasteiger partial charge in [0.05, 0.1) is 6.61 Å². The minimum absolute atomic E-state index is 0.102. The van der Waals surface area contributed by atoms with Gasteiger partial charge in [-0.2, -0.15) is 0 Å². The van der Waals surface area contributed by atoms with Crippen LogP contribution in [-0.2, 0) is 9.53 Å². The monoisotopic (exact) mass is 244 g/mol. The van der Waals surface area contributed by atoms with Crippen molar-refractivity contribution in [2.75, 3.05) is 32.8 Å². The van der Waals surface area contributed by atoms with Crippen molar-refractivity contribution in [3.8, 4) is 0 Å². The zero-order valence-corrected chi connectivity index (χ0v) is 10.4. The van der Waals surface area contributed by atoms with Crippen molar-refractivity contribution in [2.24, 2.45) is 5.41 Å². The molecule has 2 N–H and O–H groups in total. The lowest BCUT2D eigenvalue weighted by molar-refractivity contribution is -0.142. The van der Waals surface area contributed by atoms with E-state index in [0.717, 1.165) is 19.5 Å². The van der Waals surface area contributed by atoms with Crippen LogP contribution in [0.15, 0.2) is 0 Å². The number of likely N-dealkylation sites (tertiary alicyclic amines) is 1. The van der Waals surface area contributed by atoms with Gasteiger partial charge in [-0.1, -0.05) is 13.8 Å². The zero-order valence-electron chi connectivity index (χ0n) is 10.4. The molecule has 0 aromatic heterocycles. The molecule has 0 unspecified atom stereocenters. The summed E-state index contributed by atoms with van der Waals surface area (Å²) in [5, 5.41) is 11.0. The summed E-state index contributed by atoms with van der Waals surface area (Å²) < 4.78 is 4.82. The average molecular weight is 244 g/mol. The Morgan fingerprint density at radius 3 is 2.71 bits per heavy atom. The minimum Gasteiger partial charge on any atom is -0.480 e. The van der Waals surface area contributed by atoms with Gasteiger partial charge in [0.15, 0.2) is 0 Å². The van der Waals surface area contributed by atoms with E-state index in [1.807, 2.05) is 0 Å². The third kappa shape index (κ3) is 5.04. The summed E-state index contributed by atoms with van der Waals surface area (Å²) in [6.07, 6.45) is 1.01. The number of aliphatic carboxylic acids is 1. The second kappa shape index (κ2) is 5.86. The van der Waals surface area contributed by atoms with Crippen LogP contribution < -0.4 is 5.32 Å². The van der Waals surface area contributed by atoms with Crippen LogP contribution in [0.1, 0.15) is 20.3 Å². The lowest BCUT2D eigenvalue weighted by Gasteiger charge is -2.20. The maximum atomic E-state index is 11.7. The standard InChI is InChI=1S/C11H20N2O4/c1-11(2)3-5-13(8-11)10(16)12-4-6-17-7-9(14)15/h3-8H2,1-2H3,(H,12,16)(H,14,15). The minimum atomic E-state index is -1.00. The average Bonchev–Trinajstić information content (AvgIpc) is 2.57. The molecule has 1 aliphatic rings. The maximum absolute atomic E-state index is 11.7. The third-order valence-electron chi connectivity index (χ3n) is 2.71. The van der Waals surface area contributed by atoms with E-state index in [1.54, 1.807) is 4.90 Å². The molecule has 1 heterocycles. The van der Waals surface area contributed by atoms with Gasteiger partial charge in [0.25, 0.3) is 0 Å². The first-order valence-electron chi connectivity index (χ1n) is 5.73. The third-order valence-corrected chi connectivity index (χ3v) is 2.71. The Labute approximate surface area is 101 Å². The van der Waals surface area contributed by atoms with Crippen LogP contribution in [0, 0.1) is 5.41 Å². The van der Waals surface area contributed by atoms with Crippen molar-refractivity contribution in [1.82, 2.24) is 10.2 Å². The fourth-order valence-electron chi connectivity index (χ4n) is 1.79. The van der Waals surface area contributed by atoms with Gasteiger partial charge in [0, 0.05) is 19.6 Å². The molecule has 0 atom stereocenters. The second-order valence-corrected chi connectivity index (χ2v) is 5.01. The van der Waals surface area contributed by atoms with Crippen molar-refractivity contribution in [1.29, 1.82) is 0 Å².